The zero-order chi connectivity index (χ0) is 24.0. The van der Waals surface area contributed by atoms with Crippen LogP contribution in [0.25, 0.3) is 10.9 Å². The molecule has 1 aromatic heterocycles. The summed E-state index contributed by atoms with van der Waals surface area (Å²) >= 11 is 0. The molecular weight excluding hydrogens is 439 g/mol. The third kappa shape index (κ3) is 4.29. The molecule has 3 fully saturated rings. The maximum Gasteiger partial charge on any atom is 0.341 e. The van der Waals surface area contributed by atoms with E-state index in [4.69, 9.17) is 0 Å². The molecule has 2 heterocycles. The van der Waals surface area contributed by atoms with Gasteiger partial charge >= 0.3 is 5.97 Å². The van der Waals surface area contributed by atoms with Gasteiger partial charge < -0.3 is 9.67 Å². The van der Waals surface area contributed by atoms with Crippen molar-refractivity contribution in [2.24, 2.45) is 5.92 Å². The van der Waals surface area contributed by atoms with Gasteiger partial charge in [0, 0.05) is 43.8 Å². The molecule has 1 aromatic carbocycles. The minimum Gasteiger partial charge on any atom is -0.477 e. The van der Waals surface area contributed by atoms with Crippen LogP contribution in [0.5, 0.6) is 0 Å². The topological polar surface area (TPSA) is 94.9 Å². The lowest BCUT2D eigenvalue weighted by molar-refractivity contribution is -0.131. The summed E-state index contributed by atoms with van der Waals surface area (Å²) in [5.41, 5.74) is 2.33. The van der Waals surface area contributed by atoms with Crippen LogP contribution in [0.3, 0.4) is 0 Å². The number of nitrogens with one attached hydrogen (secondary N) is 1. The second-order valence-electron chi connectivity index (χ2n) is 9.97. The Balaban J connectivity index is 1.33. The van der Waals surface area contributed by atoms with Crippen LogP contribution in [0.1, 0.15) is 67.8 Å². The highest BCUT2D eigenvalue weighted by atomic mass is 19.1. The summed E-state index contributed by atoms with van der Waals surface area (Å²) < 4.78 is 16.8. The molecule has 0 atom stereocenters. The van der Waals surface area contributed by atoms with Crippen molar-refractivity contribution in [1.29, 1.82) is 0 Å². The lowest BCUT2D eigenvalue weighted by Crippen LogP contribution is -2.58. The molecule has 0 radical (unpaired) electrons. The average molecular weight is 471 g/mol. The zero-order valence-electron chi connectivity index (χ0n) is 19.4. The fourth-order valence-corrected chi connectivity index (χ4v) is 5.34. The molecule has 0 bridgehead atoms. The number of aromatic carboxylic acids is 1. The fraction of sp³-hybridized carbons (Fsp3) is 0.560. The molecule has 3 aliphatic rings. The van der Waals surface area contributed by atoms with Crippen molar-refractivity contribution in [3.8, 4) is 0 Å². The van der Waals surface area contributed by atoms with Gasteiger partial charge in [0.2, 0.25) is 11.3 Å². The molecule has 2 saturated carbocycles. The highest BCUT2D eigenvalue weighted by molar-refractivity contribution is 5.94. The van der Waals surface area contributed by atoms with E-state index in [1.54, 1.807) is 11.6 Å². The van der Waals surface area contributed by atoms with E-state index in [2.05, 4.69) is 10.3 Å². The fourth-order valence-electron chi connectivity index (χ4n) is 5.34. The summed E-state index contributed by atoms with van der Waals surface area (Å²) in [5.74, 6) is -2.29. The highest BCUT2D eigenvalue weighted by Gasteiger charge is 2.37. The van der Waals surface area contributed by atoms with Gasteiger partial charge in [-0.15, -0.1) is 0 Å². The summed E-state index contributed by atoms with van der Waals surface area (Å²) in [6.45, 7) is 1.45. The summed E-state index contributed by atoms with van der Waals surface area (Å²) in [6.07, 6.45) is 10.6. The van der Waals surface area contributed by atoms with Gasteiger partial charge in [0.05, 0.1) is 17.1 Å². The molecule has 0 spiro atoms. The van der Waals surface area contributed by atoms with E-state index >= 15 is 4.39 Å². The van der Waals surface area contributed by atoms with Crippen LogP contribution in [0.4, 0.5) is 10.1 Å². The number of likely N-dealkylation sites (tertiary alicyclic amines) is 1. The number of fused-ring (bicyclic) bond motifs is 1. The van der Waals surface area contributed by atoms with Crippen LogP contribution < -0.4 is 15.9 Å². The van der Waals surface area contributed by atoms with E-state index in [-0.39, 0.29) is 34.5 Å². The maximum atomic E-state index is 15.0. The molecule has 1 amide bonds. The second-order valence-corrected chi connectivity index (χ2v) is 9.97. The Morgan fingerprint density at radius 3 is 2.35 bits per heavy atom. The summed E-state index contributed by atoms with van der Waals surface area (Å²) in [7, 11) is 1.58. The van der Waals surface area contributed by atoms with Crippen molar-refractivity contribution in [3.63, 3.8) is 0 Å². The number of aromatic nitrogens is 1. The average Bonchev–Trinajstić information content (AvgIpc) is 3.60. The predicted octanol–water partition coefficient (Wildman–Crippen LogP) is 3.30. The monoisotopic (exact) mass is 470 g/mol. The van der Waals surface area contributed by atoms with Crippen LogP contribution in [0.15, 0.2) is 23.1 Å². The predicted molar refractivity (Wildman–Crippen MR) is 126 cm³/mol. The standard InChI is InChI=1S/C25H31FN4O4/c1-28(27-24(32)15-12-29(13-15)16-6-4-2-3-5-7-16)22-11-21-18(10-20(22)26)23(31)19(25(33)34)14-30(21)17-8-9-17/h10-11,14-17H,2-9,12-13H2,1H3,(H,27,32)(H,33,34). The number of hydrazine groups is 1. The van der Waals surface area contributed by atoms with Gasteiger partial charge in [-0.05, 0) is 37.8 Å². The molecule has 182 valence electrons. The minimum absolute atomic E-state index is 0.0332. The summed E-state index contributed by atoms with van der Waals surface area (Å²) in [5, 5.41) is 10.8. The number of amides is 1. The van der Waals surface area contributed by atoms with Crippen molar-refractivity contribution >= 4 is 28.5 Å². The van der Waals surface area contributed by atoms with Gasteiger partial charge in [-0.25, -0.2) is 9.18 Å². The van der Waals surface area contributed by atoms with Gasteiger partial charge in [-0.2, -0.15) is 0 Å². The Bertz CT molecular complexity index is 1180. The molecule has 9 heteroatoms. The first-order chi connectivity index (χ1) is 16.3. The molecule has 8 nitrogen and oxygen atoms in total. The SMILES string of the molecule is CN(NC(=O)C1CN(C2CCCCCC2)C1)c1cc2c(cc1F)c(=O)c(C(=O)O)cn2C1CC1. The number of hydrogen-bond donors (Lipinski definition) is 2. The molecule has 2 aromatic rings. The third-order valence-corrected chi connectivity index (χ3v) is 7.53. The summed E-state index contributed by atoms with van der Waals surface area (Å²) in [4.78, 5) is 39.4. The molecular formula is C25H31FN4O4. The number of halogens is 1. The molecule has 1 saturated heterocycles. The number of carboxylic acid groups (broad SMARTS) is 1. The Morgan fingerprint density at radius 2 is 1.74 bits per heavy atom. The third-order valence-electron chi connectivity index (χ3n) is 7.53. The van der Waals surface area contributed by atoms with Crippen LogP contribution >= 0.6 is 0 Å². The molecule has 1 aliphatic heterocycles. The quantitative estimate of drug-likeness (QED) is 0.497. The molecule has 5 rings (SSSR count). The van der Waals surface area contributed by atoms with E-state index in [9.17, 15) is 19.5 Å². The molecule has 34 heavy (non-hydrogen) atoms. The molecule has 2 N–H and O–H groups in total. The number of pyridine rings is 1. The van der Waals surface area contributed by atoms with Gasteiger partial charge in [0.25, 0.3) is 0 Å². The number of benzene rings is 1. The van der Waals surface area contributed by atoms with Gasteiger partial charge in [0.1, 0.15) is 11.4 Å². The van der Waals surface area contributed by atoms with Crippen molar-refractivity contribution < 1.29 is 19.1 Å². The first-order valence-electron chi connectivity index (χ1n) is 12.2. The largest absolute Gasteiger partial charge is 0.477 e. The van der Waals surface area contributed by atoms with E-state index in [0.29, 0.717) is 11.6 Å². The van der Waals surface area contributed by atoms with Crippen LogP contribution in [-0.4, -0.2) is 52.6 Å². The number of anilines is 1. The number of rotatable bonds is 6. The Morgan fingerprint density at radius 1 is 1.06 bits per heavy atom. The van der Waals surface area contributed by atoms with Crippen LogP contribution in [0, 0.1) is 11.7 Å². The van der Waals surface area contributed by atoms with Crippen molar-refractivity contribution in [2.45, 2.75) is 63.5 Å². The van der Waals surface area contributed by atoms with Crippen molar-refractivity contribution in [1.82, 2.24) is 14.9 Å². The second kappa shape index (κ2) is 9.02. The van der Waals surface area contributed by atoms with Gasteiger partial charge in [-0.3, -0.25) is 24.9 Å². The zero-order valence-corrected chi connectivity index (χ0v) is 19.4. The van der Waals surface area contributed by atoms with E-state index in [1.165, 1.54) is 55.8 Å². The normalized spacial score (nSPS) is 20.1. The number of carbonyl (C=O) groups excluding carboxylic acids is 1. The number of nitrogens with zero attached hydrogens (tertiary/aromatic N) is 3. The Hall–Kier alpha value is -2.94. The Labute approximate surface area is 197 Å². The minimum atomic E-state index is -1.33. The smallest absolute Gasteiger partial charge is 0.341 e. The number of carbonyl (C=O) groups is 2. The summed E-state index contributed by atoms with van der Waals surface area (Å²) in [6, 6.07) is 3.26. The van der Waals surface area contributed by atoms with Gasteiger partial charge in [-0.1, -0.05) is 25.7 Å². The first kappa shape index (κ1) is 22.8. The van der Waals surface area contributed by atoms with Gasteiger partial charge in [0.15, 0.2) is 0 Å². The van der Waals surface area contributed by atoms with Crippen LogP contribution in [0.2, 0.25) is 0 Å². The van der Waals surface area contributed by atoms with E-state index in [0.717, 1.165) is 32.0 Å². The molecule has 2 aliphatic carbocycles. The number of carboxylic acids is 1. The van der Waals surface area contributed by atoms with Crippen molar-refractivity contribution in [2.75, 3.05) is 25.1 Å². The lowest BCUT2D eigenvalue weighted by atomic mass is 9.94. The van der Waals surface area contributed by atoms with E-state index in [1.807, 2.05) is 0 Å². The highest BCUT2D eigenvalue weighted by Crippen LogP contribution is 2.38. The maximum absolute atomic E-state index is 15.0. The van der Waals surface area contributed by atoms with E-state index < -0.39 is 17.2 Å². The lowest BCUT2D eigenvalue weighted by Gasteiger charge is -2.44. The van der Waals surface area contributed by atoms with Crippen LogP contribution in [-0.2, 0) is 4.79 Å². The number of hydrogen-bond acceptors (Lipinski definition) is 5. The first-order valence-corrected chi connectivity index (χ1v) is 12.2. The molecule has 0 unspecified atom stereocenters. The van der Waals surface area contributed by atoms with Crippen molar-refractivity contribution in [3.05, 3.63) is 39.9 Å². The Kier molecular flexibility index (Phi) is 6.06.